The van der Waals surface area contributed by atoms with Crippen molar-refractivity contribution in [2.45, 2.75) is 85.5 Å². The summed E-state index contributed by atoms with van der Waals surface area (Å²) in [5.74, 6) is 0. The Bertz CT molecular complexity index is 4580. The van der Waals surface area contributed by atoms with Crippen molar-refractivity contribution in [3.63, 3.8) is 0 Å². The van der Waals surface area contributed by atoms with Crippen LogP contribution in [0.2, 0.25) is 0 Å². The van der Waals surface area contributed by atoms with E-state index in [0.717, 1.165) is 15.7 Å². The quantitative estimate of drug-likeness (QED) is 0.161. The lowest BCUT2D eigenvalue weighted by Crippen LogP contribution is -2.18. The fraction of sp³-hybridized carbons (Fsp3) is 0.153. The number of hydrogen-bond acceptors (Lipinski definition) is 2. The van der Waals surface area contributed by atoms with Crippen molar-refractivity contribution in [2.24, 2.45) is 0 Å². The minimum Gasteiger partial charge on any atom is -0.398 e. The molecule has 0 amide bonds. The van der Waals surface area contributed by atoms with Crippen LogP contribution in [0.25, 0.3) is 77.9 Å². The Balaban J connectivity index is 0.000000156. The molecule has 0 unspecified atom stereocenters. The van der Waals surface area contributed by atoms with E-state index in [4.69, 9.17) is 5.73 Å². The third-order valence-electron chi connectivity index (χ3n) is 19.3. The van der Waals surface area contributed by atoms with Gasteiger partial charge < -0.3 is 10.6 Å². The summed E-state index contributed by atoms with van der Waals surface area (Å²) in [7, 11) is 0. The molecular weight excluding hydrogens is 1130 g/mol. The fourth-order valence-corrected chi connectivity index (χ4v) is 14.7. The van der Waals surface area contributed by atoms with Crippen molar-refractivity contribution in [3.8, 4) is 77.9 Å². The third kappa shape index (κ3) is 10.1. The van der Waals surface area contributed by atoms with E-state index in [1.807, 2.05) is 6.07 Å². The molecule has 0 bridgehead atoms. The standard InChI is InChI=1S/C50H43N.C20H19N.C15H13Br/c1-32-15-7-9-17-37(32)34-23-28-48(43(29-34)38-18-10-8-16-33(38)2)51(35-24-26-41-39-19-11-13-21-44(39)49(3,4)46(41)30-35)36-25-27-42-40-20-12-14-22-45(40)50(5,6)47(42)31-36;1-14-7-3-5-9-17(14)16-11-12-20(21)19(13-16)18-10-6-4-8-15(18)2;1-15(2)13-6-4-3-5-11(13)12-8-7-10(16)9-14(12)15/h7-31H,1-6H3;3-13H,21H2,1-2H3;3-9H,1-2H3. The SMILES string of the molecule is CC1(C)c2ccccc2-c2ccc(Br)cc21.Cc1ccccc1-c1ccc(N(c2ccc3c(c2)C(C)(C)c2ccccc2-3)c2ccc3c(c2)C(C)(C)c2ccccc2-3)c(-c2ccccc2C)c1.Cc1ccccc1-c1ccc(N)c(-c2ccccc2C)c1. The van der Waals surface area contributed by atoms with E-state index in [1.54, 1.807) is 0 Å². The highest BCUT2D eigenvalue weighted by Gasteiger charge is 2.39. The van der Waals surface area contributed by atoms with E-state index in [1.165, 1.54) is 145 Å². The van der Waals surface area contributed by atoms with Gasteiger partial charge in [-0.1, -0.05) is 258 Å². The van der Waals surface area contributed by atoms with Crippen LogP contribution in [0.15, 0.2) is 265 Å². The zero-order valence-corrected chi connectivity index (χ0v) is 53.8. The Morgan fingerprint density at radius 2 is 0.591 bits per heavy atom. The molecule has 0 radical (unpaired) electrons. The van der Waals surface area contributed by atoms with Crippen LogP contribution >= 0.6 is 15.9 Å². The molecule has 0 aliphatic heterocycles. The zero-order valence-electron chi connectivity index (χ0n) is 52.2. The second-order valence-electron chi connectivity index (χ2n) is 25.8. The normalized spacial score (nSPS) is 13.7. The molecule has 0 spiro atoms. The average molecular weight is 1200 g/mol. The van der Waals surface area contributed by atoms with Crippen molar-refractivity contribution in [1.29, 1.82) is 0 Å². The maximum absolute atomic E-state index is 6.21. The predicted molar refractivity (Wildman–Crippen MR) is 380 cm³/mol. The number of fused-ring (bicyclic) bond motifs is 9. The van der Waals surface area contributed by atoms with Crippen molar-refractivity contribution in [3.05, 3.63) is 321 Å². The third-order valence-corrected chi connectivity index (χ3v) is 19.8. The monoisotopic (exact) mass is 1200 g/mol. The Morgan fingerprint density at radius 1 is 0.273 bits per heavy atom. The second-order valence-corrected chi connectivity index (χ2v) is 26.7. The Morgan fingerprint density at radius 3 is 1.01 bits per heavy atom. The predicted octanol–water partition coefficient (Wildman–Crippen LogP) is 23.7. The number of nitrogens with two attached hydrogens (primary N) is 1. The van der Waals surface area contributed by atoms with Crippen LogP contribution in [0.3, 0.4) is 0 Å². The van der Waals surface area contributed by atoms with Crippen molar-refractivity contribution in [2.75, 3.05) is 10.6 Å². The summed E-state index contributed by atoms with van der Waals surface area (Å²) in [4.78, 5) is 2.52. The number of nitrogens with zero attached hydrogens (tertiary/aromatic N) is 1. The number of benzene rings is 12. The summed E-state index contributed by atoms with van der Waals surface area (Å²) in [6, 6.07) is 95.1. The van der Waals surface area contributed by atoms with Gasteiger partial charge in [0, 0.05) is 48.9 Å². The van der Waals surface area contributed by atoms with Gasteiger partial charge in [0.05, 0.1) is 5.69 Å². The first-order valence-corrected chi connectivity index (χ1v) is 31.7. The van der Waals surface area contributed by atoms with Gasteiger partial charge in [-0.2, -0.15) is 0 Å². The molecule has 2 N–H and O–H groups in total. The largest absolute Gasteiger partial charge is 0.398 e. The van der Waals surface area contributed by atoms with E-state index in [-0.39, 0.29) is 16.2 Å². The number of hydrogen-bond donors (Lipinski definition) is 1. The van der Waals surface area contributed by atoms with Gasteiger partial charge in [-0.3, -0.25) is 0 Å². The van der Waals surface area contributed by atoms with Crippen LogP contribution in [0.1, 0.15) is 97.2 Å². The summed E-state index contributed by atoms with van der Waals surface area (Å²) in [5, 5.41) is 0. The number of nitrogen functional groups attached to an aromatic ring is 1. The van der Waals surface area contributed by atoms with E-state index in [2.05, 4.69) is 345 Å². The smallest absolute Gasteiger partial charge is 0.0540 e. The number of rotatable bonds is 7. The maximum atomic E-state index is 6.21. The van der Waals surface area contributed by atoms with Crippen LogP contribution < -0.4 is 10.6 Å². The Labute approximate surface area is 530 Å². The highest BCUT2D eigenvalue weighted by atomic mass is 79.9. The molecule has 12 aromatic rings. The van der Waals surface area contributed by atoms with Crippen molar-refractivity contribution in [1.82, 2.24) is 0 Å². The molecule has 12 aromatic carbocycles. The first kappa shape index (κ1) is 57.8. The van der Waals surface area contributed by atoms with Gasteiger partial charge in [0.2, 0.25) is 0 Å². The van der Waals surface area contributed by atoms with E-state index in [0.29, 0.717) is 0 Å². The van der Waals surface area contributed by atoms with Gasteiger partial charge in [0.15, 0.2) is 0 Å². The molecule has 3 aliphatic carbocycles. The second kappa shape index (κ2) is 22.8. The first-order valence-electron chi connectivity index (χ1n) is 30.9. The molecule has 432 valence electrons. The molecule has 3 aliphatic rings. The van der Waals surface area contributed by atoms with Gasteiger partial charge in [0.1, 0.15) is 0 Å². The van der Waals surface area contributed by atoms with Gasteiger partial charge in [-0.25, -0.2) is 0 Å². The topological polar surface area (TPSA) is 29.3 Å². The van der Waals surface area contributed by atoms with Crippen LogP contribution in [0, 0.1) is 27.7 Å². The highest BCUT2D eigenvalue weighted by molar-refractivity contribution is 9.10. The van der Waals surface area contributed by atoms with Crippen molar-refractivity contribution < 1.29 is 0 Å². The molecule has 3 heteroatoms. The molecule has 2 nitrogen and oxygen atoms in total. The number of aryl methyl sites for hydroxylation is 4. The minimum absolute atomic E-state index is 0.108. The van der Waals surface area contributed by atoms with Gasteiger partial charge in [-0.05, 0) is 211 Å². The lowest BCUT2D eigenvalue weighted by atomic mass is 9.82. The first-order chi connectivity index (χ1) is 42.4. The summed E-state index contributed by atoms with van der Waals surface area (Å²) >= 11 is 3.56. The lowest BCUT2D eigenvalue weighted by Gasteiger charge is -2.31. The summed E-state index contributed by atoms with van der Waals surface area (Å²) < 4.78 is 1.16. The molecule has 0 heterocycles. The molecule has 88 heavy (non-hydrogen) atoms. The van der Waals surface area contributed by atoms with E-state index in [9.17, 15) is 0 Å². The molecule has 0 saturated heterocycles. The molecule has 0 saturated carbocycles. The molecular formula is C85H75BrN2. The van der Waals surface area contributed by atoms with Crippen molar-refractivity contribution >= 4 is 38.7 Å². The molecule has 0 aromatic heterocycles. The number of halogens is 1. The van der Waals surface area contributed by atoms with Gasteiger partial charge in [-0.15, -0.1) is 0 Å². The van der Waals surface area contributed by atoms with Crippen LogP contribution in [0.5, 0.6) is 0 Å². The van der Waals surface area contributed by atoms with Gasteiger partial charge >= 0.3 is 0 Å². The minimum atomic E-state index is -0.108. The summed E-state index contributed by atoms with van der Waals surface area (Å²) in [5.41, 5.74) is 41.7. The average Bonchev–Trinajstić information content (AvgIpc) is 1.64. The fourth-order valence-electron chi connectivity index (χ4n) is 14.4. The number of anilines is 4. The zero-order chi connectivity index (χ0) is 61.2. The Hall–Kier alpha value is -9.28. The lowest BCUT2D eigenvalue weighted by molar-refractivity contribution is 0.660. The van der Waals surface area contributed by atoms with Crippen LogP contribution in [-0.4, -0.2) is 0 Å². The molecule has 0 atom stereocenters. The summed E-state index contributed by atoms with van der Waals surface area (Å²) in [6.07, 6.45) is 0. The van der Waals surface area contributed by atoms with E-state index >= 15 is 0 Å². The molecule has 15 rings (SSSR count). The van der Waals surface area contributed by atoms with Crippen LogP contribution in [0.4, 0.5) is 22.7 Å². The maximum Gasteiger partial charge on any atom is 0.0540 e. The van der Waals surface area contributed by atoms with Crippen LogP contribution in [-0.2, 0) is 16.2 Å². The summed E-state index contributed by atoms with van der Waals surface area (Å²) in [6.45, 7) is 22.8. The van der Waals surface area contributed by atoms with E-state index < -0.39 is 0 Å². The van der Waals surface area contributed by atoms with Gasteiger partial charge in [0.25, 0.3) is 0 Å². The Kier molecular flexibility index (Phi) is 15.0. The highest BCUT2D eigenvalue weighted by Crippen LogP contribution is 2.55. The molecule has 0 fully saturated rings.